The zero-order chi connectivity index (χ0) is 22.9. The molecule has 0 atom stereocenters. The summed E-state index contributed by atoms with van der Waals surface area (Å²) in [5, 5.41) is 1.50. The highest BCUT2D eigenvalue weighted by molar-refractivity contribution is 7.99. The van der Waals surface area contributed by atoms with Gasteiger partial charge in [0.05, 0.1) is 17.3 Å². The zero-order valence-corrected chi connectivity index (χ0v) is 21.2. The Morgan fingerprint density at radius 3 is 2.56 bits per heavy atom. The van der Waals surface area contributed by atoms with Crippen molar-refractivity contribution in [2.45, 2.75) is 31.6 Å². The first-order valence-corrected chi connectivity index (χ1v) is 13.1. The van der Waals surface area contributed by atoms with Crippen LogP contribution in [0.4, 0.5) is 5.13 Å². The van der Waals surface area contributed by atoms with Crippen LogP contribution >= 0.6 is 34.7 Å². The Hall–Kier alpha value is -1.80. The molecule has 0 saturated heterocycles. The van der Waals surface area contributed by atoms with Crippen LogP contribution in [0.1, 0.15) is 26.7 Å². The Balaban J connectivity index is 1.67. The van der Waals surface area contributed by atoms with E-state index in [4.69, 9.17) is 21.3 Å². The lowest BCUT2D eigenvalue weighted by molar-refractivity contribution is -0.118. The van der Waals surface area contributed by atoms with E-state index < -0.39 is 0 Å². The second-order valence-electron chi connectivity index (χ2n) is 7.31. The number of thiazole rings is 1. The Bertz CT molecular complexity index is 1010. The number of aromatic nitrogens is 1. The molecule has 1 heterocycles. The largest absolute Gasteiger partial charge is 0.497 e. The molecule has 3 aromatic rings. The van der Waals surface area contributed by atoms with Gasteiger partial charge in [-0.3, -0.25) is 9.69 Å². The van der Waals surface area contributed by atoms with Gasteiger partial charge in [0, 0.05) is 29.4 Å². The third-order valence-electron chi connectivity index (χ3n) is 5.27. The molecule has 32 heavy (non-hydrogen) atoms. The third kappa shape index (κ3) is 6.85. The first-order chi connectivity index (χ1) is 15.5. The molecule has 0 radical (unpaired) electrons. The van der Waals surface area contributed by atoms with Crippen LogP contribution in [-0.2, 0) is 4.79 Å². The van der Waals surface area contributed by atoms with Crippen molar-refractivity contribution in [2.24, 2.45) is 0 Å². The first-order valence-electron chi connectivity index (χ1n) is 10.9. The van der Waals surface area contributed by atoms with Crippen LogP contribution in [0.3, 0.4) is 0 Å². The molecule has 0 aliphatic rings. The number of benzene rings is 2. The molecule has 172 valence electrons. The van der Waals surface area contributed by atoms with Crippen molar-refractivity contribution in [3.63, 3.8) is 0 Å². The lowest BCUT2D eigenvalue weighted by Gasteiger charge is -2.24. The lowest BCUT2D eigenvalue weighted by Crippen LogP contribution is -2.38. The van der Waals surface area contributed by atoms with E-state index in [1.807, 2.05) is 47.4 Å². The van der Waals surface area contributed by atoms with Gasteiger partial charge in [0.15, 0.2) is 5.13 Å². The van der Waals surface area contributed by atoms with Crippen LogP contribution in [0.25, 0.3) is 10.2 Å². The standard InChI is InChI=1S/C24H30ClN3O2S2/c1-4-27(5-2)14-15-28(24-26-21-13-10-19(30-3)17-22(21)32-24)23(29)7-6-16-31-20-11-8-18(25)9-12-20/h8-13,17H,4-7,14-16H2,1-3H3. The number of fused-ring (bicyclic) bond motifs is 1. The van der Waals surface area contributed by atoms with Gasteiger partial charge in [-0.25, -0.2) is 4.98 Å². The molecular weight excluding hydrogens is 462 g/mol. The SMILES string of the molecule is CCN(CC)CCN(C(=O)CCCSc1ccc(Cl)cc1)c1nc2ccc(OC)cc2s1. The van der Waals surface area contributed by atoms with E-state index in [9.17, 15) is 4.79 Å². The smallest absolute Gasteiger partial charge is 0.228 e. The van der Waals surface area contributed by atoms with Gasteiger partial charge in [-0.2, -0.15) is 0 Å². The number of anilines is 1. The number of likely N-dealkylation sites (N-methyl/N-ethyl adjacent to an activating group) is 1. The summed E-state index contributed by atoms with van der Waals surface area (Å²) in [6.45, 7) is 7.70. The van der Waals surface area contributed by atoms with E-state index >= 15 is 0 Å². The lowest BCUT2D eigenvalue weighted by atomic mass is 10.3. The van der Waals surface area contributed by atoms with Crippen LogP contribution in [0.2, 0.25) is 5.02 Å². The number of carbonyl (C=O) groups is 1. The normalized spacial score (nSPS) is 11.3. The molecule has 0 fully saturated rings. The van der Waals surface area contributed by atoms with Gasteiger partial charge in [-0.1, -0.05) is 36.8 Å². The minimum Gasteiger partial charge on any atom is -0.497 e. The summed E-state index contributed by atoms with van der Waals surface area (Å²) >= 11 is 9.24. The van der Waals surface area contributed by atoms with E-state index in [0.29, 0.717) is 13.0 Å². The molecule has 8 heteroatoms. The average molecular weight is 492 g/mol. The summed E-state index contributed by atoms with van der Waals surface area (Å²) < 4.78 is 6.36. The number of rotatable bonds is 12. The van der Waals surface area contributed by atoms with Gasteiger partial charge in [0.1, 0.15) is 5.75 Å². The van der Waals surface area contributed by atoms with Gasteiger partial charge >= 0.3 is 0 Å². The number of carbonyl (C=O) groups excluding carboxylic acids is 1. The van der Waals surface area contributed by atoms with Crippen LogP contribution < -0.4 is 9.64 Å². The molecule has 5 nitrogen and oxygen atoms in total. The summed E-state index contributed by atoms with van der Waals surface area (Å²) in [5.74, 6) is 1.81. The van der Waals surface area contributed by atoms with Crippen molar-refractivity contribution in [2.75, 3.05) is 43.9 Å². The van der Waals surface area contributed by atoms with E-state index in [1.54, 1.807) is 30.2 Å². The molecule has 1 amide bonds. The molecule has 0 bridgehead atoms. The van der Waals surface area contributed by atoms with Crippen LogP contribution in [0.5, 0.6) is 5.75 Å². The molecular formula is C24H30ClN3O2S2. The fraction of sp³-hybridized carbons (Fsp3) is 0.417. The summed E-state index contributed by atoms with van der Waals surface area (Å²) in [4.78, 5) is 23.3. The van der Waals surface area contributed by atoms with Crippen LogP contribution in [0, 0.1) is 0 Å². The maximum absolute atomic E-state index is 13.2. The van der Waals surface area contributed by atoms with E-state index in [0.717, 1.165) is 57.9 Å². The van der Waals surface area contributed by atoms with Crippen molar-refractivity contribution in [1.29, 1.82) is 0 Å². The first kappa shape index (κ1) is 24.8. The Labute approximate surface area is 203 Å². The molecule has 1 aromatic heterocycles. The third-order valence-corrected chi connectivity index (χ3v) is 7.66. The van der Waals surface area contributed by atoms with Crippen LogP contribution in [-0.4, -0.2) is 54.8 Å². The molecule has 0 spiro atoms. The minimum absolute atomic E-state index is 0.125. The second-order valence-corrected chi connectivity index (χ2v) is 9.92. The predicted octanol–water partition coefficient (Wildman–Crippen LogP) is 6.21. The fourth-order valence-corrected chi connectivity index (χ4v) is 5.34. The van der Waals surface area contributed by atoms with Crippen molar-refractivity contribution in [3.05, 3.63) is 47.5 Å². The fourth-order valence-electron chi connectivity index (χ4n) is 3.32. The van der Waals surface area contributed by atoms with E-state index in [2.05, 4.69) is 18.7 Å². The highest BCUT2D eigenvalue weighted by Crippen LogP contribution is 2.32. The molecule has 2 aromatic carbocycles. The highest BCUT2D eigenvalue weighted by atomic mass is 35.5. The number of nitrogens with zero attached hydrogens (tertiary/aromatic N) is 3. The van der Waals surface area contributed by atoms with E-state index in [1.165, 1.54) is 4.90 Å². The highest BCUT2D eigenvalue weighted by Gasteiger charge is 2.20. The minimum atomic E-state index is 0.125. The second kappa shape index (κ2) is 12.4. The maximum Gasteiger partial charge on any atom is 0.228 e. The Morgan fingerprint density at radius 1 is 1.12 bits per heavy atom. The predicted molar refractivity (Wildman–Crippen MR) is 138 cm³/mol. The van der Waals surface area contributed by atoms with Gasteiger partial charge in [-0.15, -0.1) is 11.8 Å². The number of hydrogen-bond acceptors (Lipinski definition) is 6. The topological polar surface area (TPSA) is 45.7 Å². The van der Waals surface area contributed by atoms with Gasteiger partial charge in [0.2, 0.25) is 5.91 Å². The van der Waals surface area contributed by atoms with Gasteiger partial charge < -0.3 is 9.64 Å². The zero-order valence-electron chi connectivity index (χ0n) is 18.8. The summed E-state index contributed by atoms with van der Waals surface area (Å²) in [5.41, 5.74) is 0.893. The molecule has 0 unspecified atom stereocenters. The monoisotopic (exact) mass is 491 g/mol. The van der Waals surface area contributed by atoms with Crippen molar-refractivity contribution < 1.29 is 9.53 Å². The van der Waals surface area contributed by atoms with Crippen molar-refractivity contribution in [3.8, 4) is 5.75 Å². The molecule has 0 aliphatic carbocycles. The average Bonchev–Trinajstić information content (AvgIpc) is 3.23. The number of hydrogen-bond donors (Lipinski definition) is 0. The van der Waals surface area contributed by atoms with Gasteiger partial charge in [0.25, 0.3) is 0 Å². The van der Waals surface area contributed by atoms with E-state index in [-0.39, 0.29) is 5.91 Å². The quantitative estimate of drug-likeness (QED) is 0.223. The van der Waals surface area contributed by atoms with Crippen LogP contribution in [0.15, 0.2) is 47.4 Å². The molecule has 0 aliphatic heterocycles. The summed E-state index contributed by atoms with van der Waals surface area (Å²) in [7, 11) is 1.66. The number of thioether (sulfide) groups is 1. The number of methoxy groups -OCH3 is 1. The van der Waals surface area contributed by atoms with Crippen molar-refractivity contribution in [1.82, 2.24) is 9.88 Å². The maximum atomic E-state index is 13.2. The Morgan fingerprint density at radius 2 is 1.88 bits per heavy atom. The number of amides is 1. The van der Waals surface area contributed by atoms with Crippen molar-refractivity contribution >= 4 is 56.0 Å². The molecule has 0 saturated carbocycles. The number of halogens is 1. The Kier molecular flexibility index (Phi) is 9.66. The number of ether oxygens (including phenoxy) is 1. The van der Waals surface area contributed by atoms with Gasteiger partial charge in [-0.05, 0) is 67.7 Å². The summed E-state index contributed by atoms with van der Waals surface area (Å²) in [6.07, 6.45) is 1.31. The summed E-state index contributed by atoms with van der Waals surface area (Å²) in [6, 6.07) is 13.7. The molecule has 0 N–H and O–H groups in total. The molecule has 3 rings (SSSR count).